The lowest BCUT2D eigenvalue weighted by atomic mass is 9.86. The maximum atomic E-state index is 14.8. The van der Waals surface area contributed by atoms with Crippen molar-refractivity contribution in [2.24, 2.45) is 44.6 Å². The van der Waals surface area contributed by atoms with E-state index in [1.807, 2.05) is 26.8 Å². The van der Waals surface area contributed by atoms with Gasteiger partial charge in [-0.1, -0.05) is 63.4 Å². The molecule has 3 aliphatic carbocycles. The molecule has 1 saturated heterocycles. The number of ether oxygens (including phenoxy) is 4. The molecule has 0 unspecified atom stereocenters. The number of carbonyl (C=O) groups is 12. The van der Waals surface area contributed by atoms with Crippen molar-refractivity contribution in [3.05, 3.63) is 35.9 Å². The van der Waals surface area contributed by atoms with Crippen molar-refractivity contribution >= 4 is 83.5 Å². The largest absolute Gasteiger partial charge is 0.445 e. The van der Waals surface area contributed by atoms with Gasteiger partial charge in [0.05, 0.1) is 6.54 Å². The van der Waals surface area contributed by atoms with Gasteiger partial charge in [0.1, 0.15) is 65.7 Å². The third kappa shape index (κ3) is 33.8. The molecule has 34 heteroatoms. The quantitative estimate of drug-likeness (QED) is 0.0190. The Morgan fingerprint density at radius 2 is 0.870 bits per heavy atom. The van der Waals surface area contributed by atoms with E-state index in [2.05, 4.69) is 63.2 Å². The maximum absolute atomic E-state index is 14.8. The first-order valence-electron chi connectivity index (χ1n) is 38.8. The van der Waals surface area contributed by atoms with E-state index in [0.29, 0.717) is 37.7 Å². The van der Waals surface area contributed by atoms with E-state index in [1.165, 1.54) is 4.90 Å². The Balaban J connectivity index is 1.32. The highest BCUT2D eigenvalue weighted by molar-refractivity contribution is 5.97. The molecular formula is C74H124N18O16. The number of nitrogens with one attached hydrogen (secondary N) is 10. The van der Waals surface area contributed by atoms with E-state index in [9.17, 15) is 57.5 Å². The van der Waals surface area contributed by atoms with E-state index in [4.69, 9.17) is 47.6 Å². The van der Waals surface area contributed by atoms with Gasteiger partial charge in [0.15, 0.2) is 11.9 Å². The highest BCUT2D eigenvalue weighted by atomic mass is 16.6. The second-order valence-electron chi connectivity index (χ2n) is 30.0. The van der Waals surface area contributed by atoms with Crippen molar-refractivity contribution in [3.63, 3.8) is 0 Å². The van der Waals surface area contributed by atoms with Crippen LogP contribution in [0.25, 0.3) is 0 Å². The van der Waals surface area contributed by atoms with Crippen LogP contribution in [0.4, 0.5) is 19.2 Å². The maximum Gasteiger partial charge on any atom is 0.408 e. The molecule has 4 aliphatic rings. The molecule has 0 spiro atoms. The monoisotopic (exact) mass is 1520 g/mol. The minimum absolute atomic E-state index is 0.0294. The number of primary amides is 1. The molecule has 0 aromatic heterocycles. The average Bonchev–Trinajstić information content (AvgIpc) is 1.66. The van der Waals surface area contributed by atoms with Gasteiger partial charge in [-0.25, -0.2) is 19.2 Å². The number of amides is 12. The summed E-state index contributed by atoms with van der Waals surface area (Å²) in [5.41, 5.74) is 26.8. The molecule has 7 atom stereocenters. The van der Waals surface area contributed by atoms with E-state index in [1.54, 1.807) is 38.1 Å². The Hall–Kier alpha value is -9.40. The first-order chi connectivity index (χ1) is 51.5. The van der Waals surface area contributed by atoms with Crippen LogP contribution in [-0.4, -0.2) is 193 Å². The summed E-state index contributed by atoms with van der Waals surface area (Å²) in [5.74, 6) is -7.18. The molecule has 20 N–H and O–H groups in total. The Labute approximate surface area is 634 Å². The number of likely N-dealkylation sites (tertiary alicyclic amines) is 1. The zero-order valence-electron chi connectivity index (χ0n) is 64.1. The van der Waals surface area contributed by atoms with Gasteiger partial charge in [0.2, 0.25) is 47.3 Å². The minimum Gasteiger partial charge on any atom is -0.445 e. The van der Waals surface area contributed by atoms with Crippen LogP contribution in [0.2, 0.25) is 0 Å². The van der Waals surface area contributed by atoms with Crippen molar-refractivity contribution in [2.75, 3.05) is 45.8 Å². The molecular weight excluding hydrogens is 1400 g/mol. The van der Waals surface area contributed by atoms with Crippen molar-refractivity contribution in [2.45, 2.75) is 293 Å². The summed E-state index contributed by atoms with van der Waals surface area (Å²) in [6.07, 6.45) is 13.5. The van der Waals surface area contributed by atoms with Gasteiger partial charge in [0, 0.05) is 39.3 Å². The minimum atomic E-state index is -1.41. The third-order valence-corrected chi connectivity index (χ3v) is 20.1. The first kappa shape index (κ1) is 89.2. The molecule has 108 heavy (non-hydrogen) atoms. The van der Waals surface area contributed by atoms with Crippen molar-refractivity contribution in [1.82, 2.24) is 58.1 Å². The number of rotatable bonds is 44. The summed E-state index contributed by atoms with van der Waals surface area (Å²) in [7, 11) is 0. The van der Waals surface area contributed by atoms with E-state index >= 15 is 0 Å². The van der Waals surface area contributed by atoms with E-state index in [-0.39, 0.29) is 122 Å². The summed E-state index contributed by atoms with van der Waals surface area (Å²) in [6.45, 7) is 9.10. The number of alkyl carbamates (subject to hydrolysis) is 4. The second kappa shape index (κ2) is 46.7. The van der Waals surface area contributed by atoms with Crippen molar-refractivity contribution < 1.29 is 76.5 Å². The third-order valence-electron chi connectivity index (χ3n) is 20.1. The van der Waals surface area contributed by atoms with Gasteiger partial charge >= 0.3 is 24.4 Å². The molecule has 12 amide bonds. The van der Waals surface area contributed by atoms with Gasteiger partial charge in [-0.05, 0) is 206 Å². The van der Waals surface area contributed by atoms with Gasteiger partial charge in [-0.15, -0.1) is 0 Å². The normalized spacial score (nSPS) is 18.0. The predicted molar refractivity (Wildman–Crippen MR) is 404 cm³/mol. The fourth-order valence-corrected chi connectivity index (χ4v) is 13.9. The number of hydrogen-bond acceptors (Lipinski definition) is 18. The molecule has 0 radical (unpaired) electrons. The summed E-state index contributed by atoms with van der Waals surface area (Å²) in [4.78, 5) is 175. The Morgan fingerprint density at radius 1 is 0.463 bits per heavy atom. The van der Waals surface area contributed by atoms with Crippen molar-refractivity contribution in [3.8, 4) is 0 Å². The summed E-state index contributed by atoms with van der Waals surface area (Å²) < 4.78 is 22.9. The molecule has 1 aromatic carbocycles. The van der Waals surface area contributed by atoms with Crippen molar-refractivity contribution in [1.29, 1.82) is 0 Å². The predicted octanol–water partition coefficient (Wildman–Crippen LogP) is 3.92. The van der Waals surface area contributed by atoms with Crippen LogP contribution in [0, 0.1) is 5.92 Å². The molecule has 5 rings (SSSR count). The number of guanidine groups is 2. The van der Waals surface area contributed by atoms with Crippen LogP contribution < -0.4 is 81.8 Å². The highest BCUT2D eigenvalue weighted by Crippen LogP contribution is 2.33. The number of unbranched alkanes of at least 4 members (excludes halogenated alkanes) is 3. The van der Waals surface area contributed by atoms with Gasteiger partial charge in [0.25, 0.3) is 0 Å². The molecule has 4 fully saturated rings. The van der Waals surface area contributed by atoms with E-state index in [0.717, 1.165) is 96.3 Å². The fourth-order valence-electron chi connectivity index (χ4n) is 13.9. The fraction of sp³-hybridized carbons (Fsp3) is 0.730. The Morgan fingerprint density at radius 3 is 1.30 bits per heavy atom. The standard InChI is InChI=1S/C74H124N18O16/c1-49(2)58(91-63(98)56-34-26-46-92(56)65(100)55(90-71(104)105-48-50-27-10-6-11-28-50)31-14-23-43-84-70(103)108-74(5)39-19-9-20-40-74)64(99)85-47-57(93)86-52(29-12-21-41-82-68(101)106-72(3)35-15-7-16-36-72)60(95)88-53(30-13-22-42-83-69(102)107-73(4)37-17-8-18-38-73)62(97)89-54(33-25-45-81-67(78)79)61(96)87-51(59(75)94)32-24-44-80-66(76)77/h6,10-11,27-28,49,51-56,58H,7-9,12-26,29-48H2,1-5H3,(H2,75,94)(H,82,101)(H,83,102)(H,84,103)(H,85,99)(H,86,93)(H,87,96)(H,88,95)(H,89,97)(H,90,104)(H,91,98)(H4,76,77,80)(H4,78,79,81)/t51-,52-,53-,54-,55-,56-,58-/m0/s1. The number of nitrogens with two attached hydrogens (primary N) is 5. The van der Waals surface area contributed by atoms with E-state index < -0.39 is 143 Å². The molecule has 0 bridgehead atoms. The number of aliphatic imine (C=N–C) groups is 2. The zero-order valence-corrected chi connectivity index (χ0v) is 64.1. The molecule has 3 saturated carbocycles. The smallest absolute Gasteiger partial charge is 0.408 e. The lowest BCUT2D eigenvalue weighted by Crippen LogP contribution is -2.59. The molecule has 1 heterocycles. The molecule has 1 aliphatic heterocycles. The summed E-state index contributed by atoms with van der Waals surface area (Å²) >= 11 is 0. The zero-order chi connectivity index (χ0) is 79.1. The Kier molecular flexibility index (Phi) is 38.6. The average molecular weight is 1520 g/mol. The van der Waals surface area contributed by atoms with Crippen LogP contribution in [0.5, 0.6) is 0 Å². The SMILES string of the molecule is CC(C)[C@H](NC(=O)[C@@H]1CCCN1C(=O)[C@H](CCCCNC(=O)OC1(C)CCCCC1)NC(=O)OCc1ccccc1)C(=O)NCC(=O)N[C@@H](CCCCNC(=O)OC1(C)CCCCC1)C(=O)N[C@@H](CCCCNC(=O)OC1(C)CCCCC1)C(=O)N[C@@H](CCCN=C(N)N)C(=O)N[C@@H](CCCN=C(N)N)C(N)=O. The molecule has 606 valence electrons. The lowest BCUT2D eigenvalue weighted by Gasteiger charge is -2.33. The number of carbonyl (C=O) groups excluding carboxylic acids is 12. The number of hydrogen-bond donors (Lipinski definition) is 15. The number of benzene rings is 1. The summed E-state index contributed by atoms with van der Waals surface area (Å²) in [5, 5.41) is 27.2. The molecule has 1 aromatic rings. The highest BCUT2D eigenvalue weighted by Gasteiger charge is 2.41. The van der Waals surface area contributed by atoms with Crippen LogP contribution >= 0.6 is 0 Å². The van der Waals surface area contributed by atoms with Crippen LogP contribution in [0.3, 0.4) is 0 Å². The van der Waals surface area contributed by atoms with Gasteiger partial charge in [-0.2, -0.15) is 0 Å². The number of nitrogens with zero attached hydrogens (tertiary/aromatic N) is 3. The topological polar surface area (TPSA) is 520 Å². The van der Waals surface area contributed by atoms with Gasteiger partial charge < -0.3 is 106 Å². The molecule has 34 nitrogen and oxygen atoms in total. The lowest BCUT2D eigenvalue weighted by molar-refractivity contribution is -0.141. The van der Waals surface area contributed by atoms with Crippen LogP contribution in [-0.2, 0) is 63.9 Å². The second-order valence-corrected chi connectivity index (χ2v) is 30.0. The van der Waals surface area contributed by atoms with Crippen LogP contribution in [0.15, 0.2) is 40.3 Å². The van der Waals surface area contributed by atoms with Gasteiger partial charge in [-0.3, -0.25) is 48.3 Å². The van der Waals surface area contributed by atoms with Crippen LogP contribution in [0.1, 0.15) is 233 Å². The Bertz CT molecular complexity index is 3130. The summed E-state index contributed by atoms with van der Waals surface area (Å²) in [6, 6.07) is 0.133. The first-order valence-corrected chi connectivity index (χ1v) is 38.8.